The Morgan fingerprint density at radius 1 is 0.971 bits per heavy atom. The van der Waals surface area contributed by atoms with Crippen molar-refractivity contribution in [2.45, 2.75) is 0 Å². The summed E-state index contributed by atoms with van der Waals surface area (Å²) < 4.78 is 31.3. The molecule has 35 heavy (non-hydrogen) atoms. The topological polar surface area (TPSA) is 184 Å². The number of hydrogen-bond acceptors (Lipinski definition) is 6. The lowest BCUT2D eigenvalue weighted by Gasteiger charge is -2.13. The number of nitrogens with one attached hydrogen (secondary N) is 2. The Kier molecular flexibility index (Phi) is 7.33. The van der Waals surface area contributed by atoms with Crippen LogP contribution in [0.2, 0.25) is 0 Å². The van der Waals surface area contributed by atoms with Crippen LogP contribution >= 0.6 is 0 Å². The van der Waals surface area contributed by atoms with E-state index in [9.17, 15) is 23.1 Å². The minimum absolute atomic E-state index is 0.0660. The van der Waals surface area contributed by atoms with Gasteiger partial charge in [0.25, 0.3) is 16.0 Å². The largest absolute Gasteiger partial charge is 0.478 e. The van der Waals surface area contributed by atoms with Gasteiger partial charge >= 0.3 is 5.97 Å². The quantitative estimate of drug-likeness (QED) is 0.157. The van der Waals surface area contributed by atoms with Crippen LogP contribution in [-0.4, -0.2) is 42.0 Å². The van der Waals surface area contributed by atoms with Gasteiger partial charge in [-0.2, -0.15) is 8.42 Å². The number of furan rings is 1. The Labute approximate surface area is 200 Å². The number of amides is 1. The van der Waals surface area contributed by atoms with Gasteiger partial charge < -0.3 is 20.6 Å². The van der Waals surface area contributed by atoms with Crippen LogP contribution in [0.5, 0.6) is 0 Å². The molecule has 1 aromatic heterocycles. The van der Waals surface area contributed by atoms with Crippen molar-refractivity contribution in [2.24, 2.45) is 5.73 Å². The molecule has 10 nitrogen and oxygen atoms in total. The fraction of sp³-hybridized carbons (Fsp3) is 0.0417. The van der Waals surface area contributed by atoms with Gasteiger partial charge in [-0.25, -0.2) is 4.79 Å². The van der Waals surface area contributed by atoms with Crippen molar-refractivity contribution in [2.75, 3.05) is 11.6 Å². The van der Waals surface area contributed by atoms with Crippen molar-refractivity contribution in [3.63, 3.8) is 0 Å². The summed E-state index contributed by atoms with van der Waals surface area (Å²) in [6, 6.07) is 18.2. The van der Waals surface area contributed by atoms with E-state index in [-0.39, 0.29) is 17.0 Å². The lowest BCUT2D eigenvalue weighted by atomic mass is 9.93. The maximum Gasteiger partial charge on any atom is 0.336 e. The van der Waals surface area contributed by atoms with E-state index in [2.05, 4.69) is 5.32 Å². The molecule has 0 unspecified atom stereocenters. The molecule has 4 rings (SSSR count). The summed E-state index contributed by atoms with van der Waals surface area (Å²) in [6.45, 7) is 0. The van der Waals surface area contributed by atoms with E-state index in [1.165, 1.54) is 12.3 Å². The van der Waals surface area contributed by atoms with Crippen LogP contribution in [0, 0.1) is 5.41 Å². The number of carbonyl (C=O) groups excluding carboxylic acids is 1. The number of hydrogen-bond donors (Lipinski definition) is 5. The zero-order valence-corrected chi connectivity index (χ0v) is 19.2. The van der Waals surface area contributed by atoms with Gasteiger partial charge in [-0.15, -0.1) is 0 Å². The van der Waals surface area contributed by atoms with Gasteiger partial charge in [0, 0.05) is 16.6 Å². The number of carboxylic acids is 1. The van der Waals surface area contributed by atoms with E-state index >= 15 is 0 Å². The van der Waals surface area contributed by atoms with Crippen LogP contribution in [0.25, 0.3) is 22.1 Å². The van der Waals surface area contributed by atoms with E-state index in [0.717, 1.165) is 5.39 Å². The van der Waals surface area contributed by atoms with Crippen LogP contribution in [0.4, 0.5) is 5.69 Å². The normalized spacial score (nSPS) is 10.8. The van der Waals surface area contributed by atoms with Crippen molar-refractivity contribution in [3.05, 3.63) is 89.7 Å². The Morgan fingerprint density at radius 2 is 1.60 bits per heavy atom. The van der Waals surface area contributed by atoms with Gasteiger partial charge in [-0.3, -0.25) is 14.8 Å². The monoisotopic (exact) mass is 495 g/mol. The molecular weight excluding hydrogens is 474 g/mol. The standard InChI is InChI=1S/C23H17N3O4.CH4O3S/c24-21(25)13-5-7-15(8-6-13)26-22(27)19-12-20-14(9-10-30-20)11-18(19)16-3-1-2-4-17(16)23(28)29;1-5(2,3)4/h1-12H,(H3,24,25)(H,26,27)(H,28,29);1H3,(H,2,3,4). The Balaban J connectivity index is 0.000000623. The molecule has 11 heteroatoms. The van der Waals surface area contributed by atoms with E-state index in [1.54, 1.807) is 60.7 Å². The molecule has 0 atom stereocenters. The lowest BCUT2D eigenvalue weighted by Crippen LogP contribution is -2.15. The van der Waals surface area contributed by atoms with Gasteiger partial charge in [-0.05, 0) is 59.7 Å². The summed E-state index contributed by atoms with van der Waals surface area (Å²) in [5.74, 6) is -1.56. The molecule has 0 aliphatic rings. The van der Waals surface area contributed by atoms with Crippen molar-refractivity contribution in [1.82, 2.24) is 0 Å². The Bertz CT molecular complexity index is 1520. The molecule has 4 aromatic rings. The fourth-order valence-corrected chi connectivity index (χ4v) is 3.26. The molecule has 0 aliphatic heterocycles. The number of aromatic carboxylic acids is 1. The van der Waals surface area contributed by atoms with Gasteiger partial charge in [0.15, 0.2) is 0 Å². The van der Waals surface area contributed by atoms with Gasteiger partial charge in [0.2, 0.25) is 0 Å². The number of amidine groups is 1. The first-order valence-electron chi connectivity index (χ1n) is 9.96. The van der Waals surface area contributed by atoms with Crippen LogP contribution < -0.4 is 11.1 Å². The number of rotatable bonds is 5. The average Bonchev–Trinajstić information content (AvgIpc) is 3.25. The zero-order chi connectivity index (χ0) is 25.8. The van der Waals surface area contributed by atoms with E-state index in [0.29, 0.717) is 34.2 Å². The van der Waals surface area contributed by atoms with Crippen molar-refractivity contribution >= 4 is 44.5 Å². The molecule has 180 valence electrons. The molecule has 1 amide bonds. The predicted octanol–water partition coefficient (Wildman–Crippen LogP) is 3.84. The third-order valence-electron chi connectivity index (χ3n) is 4.74. The van der Waals surface area contributed by atoms with Crippen molar-refractivity contribution in [1.29, 1.82) is 5.41 Å². The molecule has 3 aromatic carbocycles. The third-order valence-corrected chi connectivity index (χ3v) is 4.74. The highest BCUT2D eigenvalue weighted by Crippen LogP contribution is 2.32. The smallest absolute Gasteiger partial charge is 0.336 e. The highest BCUT2D eigenvalue weighted by Gasteiger charge is 2.20. The van der Waals surface area contributed by atoms with Crippen LogP contribution in [0.3, 0.4) is 0 Å². The highest BCUT2D eigenvalue weighted by molar-refractivity contribution is 7.85. The number of nitrogen functional groups attached to an aromatic ring is 1. The predicted molar refractivity (Wildman–Crippen MR) is 131 cm³/mol. The van der Waals surface area contributed by atoms with E-state index in [1.807, 2.05) is 0 Å². The van der Waals surface area contributed by atoms with Crippen LogP contribution in [0.15, 0.2) is 77.4 Å². The molecule has 0 spiro atoms. The molecule has 0 saturated carbocycles. The molecule has 1 heterocycles. The number of benzene rings is 3. The minimum atomic E-state index is -3.67. The summed E-state index contributed by atoms with van der Waals surface area (Å²) in [7, 11) is -3.67. The first-order chi connectivity index (χ1) is 16.4. The molecule has 0 aliphatic carbocycles. The second kappa shape index (κ2) is 10.2. The van der Waals surface area contributed by atoms with Crippen molar-refractivity contribution in [3.8, 4) is 11.1 Å². The fourth-order valence-electron chi connectivity index (χ4n) is 3.26. The summed E-state index contributed by atoms with van der Waals surface area (Å²) in [6.07, 6.45) is 2.23. The van der Waals surface area contributed by atoms with Gasteiger partial charge in [0.1, 0.15) is 11.4 Å². The molecular formula is C24H21N3O7S. The summed E-state index contributed by atoms with van der Waals surface area (Å²) >= 11 is 0. The number of nitrogens with two attached hydrogens (primary N) is 1. The van der Waals surface area contributed by atoms with E-state index < -0.39 is 22.0 Å². The average molecular weight is 496 g/mol. The zero-order valence-electron chi connectivity index (χ0n) is 18.3. The molecule has 6 N–H and O–H groups in total. The Hall–Kier alpha value is -4.48. The highest BCUT2D eigenvalue weighted by atomic mass is 32.2. The van der Waals surface area contributed by atoms with E-state index in [4.69, 9.17) is 20.1 Å². The first kappa shape index (κ1) is 25.1. The Morgan fingerprint density at radius 3 is 2.20 bits per heavy atom. The number of carbonyl (C=O) groups is 2. The SMILES string of the molecule is CS(=O)(=O)O.N=C(N)c1ccc(NC(=O)c2cc3occc3cc2-c2ccccc2C(=O)O)cc1. The van der Waals surface area contributed by atoms with Crippen LogP contribution in [0.1, 0.15) is 26.3 Å². The van der Waals surface area contributed by atoms with Crippen LogP contribution in [-0.2, 0) is 10.1 Å². The van der Waals surface area contributed by atoms with Crippen molar-refractivity contribution < 1.29 is 32.1 Å². The second-order valence-corrected chi connectivity index (χ2v) is 8.85. The maximum absolute atomic E-state index is 13.1. The third kappa shape index (κ3) is 6.53. The first-order valence-corrected chi connectivity index (χ1v) is 11.8. The molecule has 0 fully saturated rings. The summed E-state index contributed by atoms with van der Waals surface area (Å²) in [4.78, 5) is 24.8. The number of fused-ring (bicyclic) bond motifs is 1. The second-order valence-electron chi connectivity index (χ2n) is 7.39. The lowest BCUT2D eigenvalue weighted by molar-refractivity contribution is 0.0697. The maximum atomic E-state index is 13.1. The molecule has 0 radical (unpaired) electrons. The number of carboxylic acid groups (broad SMARTS) is 1. The summed E-state index contributed by atoms with van der Waals surface area (Å²) in [5, 5.41) is 20.6. The number of anilines is 1. The minimum Gasteiger partial charge on any atom is -0.478 e. The molecule has 0 saturated heterocycles. The van der Waals surface area contributed by atoms with Gasteiger partial charge in [0.05, 0.1) is 23.6 Å². The summed E-state index contributed by atoms with van der Waals surface area (Å²) in [5.41, 5.74) is 8.33. The molecule has 0 bridgehead atoms. The van der Waals surface area contributed by atoms with Gasteiger partial charge in [-0.1, -0.05) is 18.2 Å².